The van der Waals surface area contributed by atoms with Gasteiger partial charge in [0.15, 0.2) is 5.82 Å². The van der Waals surface area contributed by atoms with Crippen molar-refractivity contribution in [1.29, 1.82) is 0 Å². The Morgan fingerprint density at radius 3 is 2.71 bits per heavy atom. The van der Waals surface area contributed by atoms with E-state index in [0.29, 0.717) is 0 Å². The van der Waals surface area contributed by atoms with Gasteiger partial charge in [-0.1, -0.05) is 24.6 Å². The minimum absolute atomic E-state index is 0.226. The average molecular weight is 339 g/mol. The number of nitrogens with one attached hydrogen (secondary N) is 1. The molecule has 1 aliphatic carbocycles. The molecule has 0 saturated heterocycles. The maximum absolute atomic E-state index is 9.35. The Morgan fingerprint density at radius 1 is 1.12 bits per heavy atom. The van der Waals surface area contributed by atoms with Gasteiger partial charge in [-0.15, -0.1) is 11.3 Å². The van der Waals surface area contributed by atoms with Crippen LogP contribution in [0, 0.1) is 5.41 Å². The zero-order chi connectivity index (χ0) is 16.4. The number of para-hydroxylation sites is 1. The van der Waals surface area contributed by atoms with Crippen molar-refractivity contribution in [2.24, 2.45) is 5.41 Å². The summed E-state index contributed by atoms with van der Waals surface area (Å²) in [7, 11) is 0. The molecule has 3 aromatic rings. The van der Waals surface area contributed by atoms with E-state index in [2.05, 4.69) is 17.4 Å². The average Bonchev–Trinajstić information content (AvgIpc) is 3.11. The molecule has 0 amide bonds. The number of rotatable bonds is 6. The van der Waals surface area contributed by atoms with Crippen LogP contribution in [0.5, 0.6) is 0 Å². The van der Waals surface area contributed by atoms with E-state index in [1.54, 1.807) is 11.3 Å². The van der Waals surface area contributed by atoms with Crippen LogP contribution in [0.3, 0.4) is 0 Å². The van der Waals surface area contributed by atoms with Crippen molar-refractivity contribution < 1.29 is 5.11 Å². The number of hydrogen-bond acceptors (Lipinski definition) is 5. The van der Waals surface area contributed by atoms with Crippen LogP contribution in [-0.2, 0) is 0 Å². The summed E-state index contributed by atoms with van der Waals surface area (Å²) in [5, 5.41) is 16.0. The van der Waals surface area contributed by atoms with Crippen molar-refractivity contribution in [3.63, 3.8) is 0 Å². The van der Waals surface area contributed by atoms with Crippen LogP contribution < -0.4 is 5.32 Å². The molecule has 2 aromatic heterocycles. The first-order chi connectivity index (χ1) is 11.8. The van der Waals surface area contributed by atoms with E-state index in [-0.39, 0.29) is 12.0 Å². The van der Waals surface area contributed by atoms with Crippen molar-refractivity contribution in [3.8, 4) is 10.7 Å². The molecule has 124 valence electrons. The molecule has 0 radical (unpaired) electrons. The highest BCUT2D eigenvalue weighted by Gasteiger charge is 2.36. The number of hydrogen-bond donors (Lipinski definition) is 2. The summed E-state index contributed by atoms with van der Waals surface area (Å²) in [5.41, 5.74) is 1.19. The SMILES string of the molecule is OCCC1(CNc2nc(-c3cccs3)nc3ccccc23)CCC1. The standard InChI is InChI=1S/C19H21N3OS/c23-11-10-19(8-4-9-19)13-20-17-14-5-1-2-6-15(14)21-18(22-17)16-7-3-12-24-16/h1-3,5-7,12,23H,4,8-11,13H2,(H,20,21,22). The van der Waals surface area contributed by atoms with Crippen molar-refractivity contribution >= 4 is 28.1 Å². The lowest BCUT2D eigenvalue weighted by molar-refractivity contribution is 0.102. The van der Waals surface area contributed by atoms with Gasteiger partial charge < -0.3 is 10.4 Å². The Labute approximate surface area is 145 Å². The van der Waals surface area contributed by atoms with Gasteiger partial charge in [-0.2, -0.15) is 0 Å². The molecular formula is C19H21N3OS. The minimum Gasteiger partial charge on any atom is -0.396 e. The second kappa shape index (κ2) is 6.49. The van der Waals surface area contributed by atoms with Gasteiger partial charge in [0.2, 0.25) is 0 Å². The number of thiophene rings is 1. The van der Waals surface area contributed by atoms with E-state index in [0.717, 1.165) is 40.4 Å². The molecule has 4 nitrogen and oxygen atoms in total. The highest BCUT2D eigenvalue weighted by Crippen LogP contribution is 2.44. The molecule has 2 N–H and O–H groups in total. The summed E-state index contributed by atoms with van der Waals surface area (Å²) in [5.74, 6) is 1.67. The van der Waals surface area contributed by atoms with Gasteiger partial charge in [0.05, 0.1) is 10.4 Å². The molecule has 0 aliphatic heterocycles. The molecule has 2 heterocycles. The van der Waals surface area contributed by atoms with Crippen molar-refractivity contribution in [3.05, 3.63) is 41.8 Å². The number of aromatic nitrogens is 2. The third kappa shape index (κ3) is 2.89. The van der Waals surface area contributed by atoms with Crippen LogP contribution in [-0.4, -0.2) is 28.2 Å². The number of nitrogens with zero attached hydrogens (tertiary/aromatic N) is 2. The lowest BCUT2D eigenvalue weighted by Gasteiger charge is -2.42. The zero-order valence-corrected chi connectivity index (χ0v) is 14.4. The number of benzene rings is 1. The smallest absolute Gasteiger partial charge is 0.172 e. The Hall–Kier alpha value is -1.98. The Kier molecular flexibility index (Phi) is 4.21. The fourth-order valence-corrected chi connectivity index (χ4v) is 4.09. The normalized spacial score (nSPS) is 16.0. The van der Waals surface area contributed by atoms with E-state index >= 15 is 0 Å². The molecule has 5 heteroatoms. The molecule has 0 atom stereocenters. The number of anilines is 1. The second-order valence-corrected chi connectivity index (χ2v) is 7.52. The first-order valence-corrected chi connectivity index (χ1v) is 9.33. The number of aliphatic hydroxyl groups excluding tert-OH is 1. The van der Waals surface area contributed by atoms with E-state index in [1.165, 1.54) is 19.3 Å². The van der Waals surface area contributed by atoms with Gasteiger partial charge in [0.25, 0.3) is 0 Å². The van der Waals surface area contributed by atoms with Crippen molar-refractivity contribution in [2.75, 3.05) is 18.5 Å². The summed E-state index contributed by atoms with van der Waals surface area (Å²) < 4.78 is 0. The largest absolute Gasteiger partial charge is 0.396 e. The molecular weight excluding hydrogens is 318 g/mol. The molecule has 1 fully saturated rings. The van der Waals surface area contributed by atoms with Gasteiger partial charge >= 0.3 is 0 Å². The molecule has 4 rings (SSSR count). The fraction of sp³-hybridized carbons (Fsp3) is 0.368. The molecule has 0 spiro atoms. The van der Waals surface area contributed by atoms with E-state index in [4.69, 9.17) is 9.97 Å². The summed E-state index contributed by atoms with van der Waals surface area (Å²) in [6, 6.07) is 12.2. The van der Waals surface area contributed by atoms with Gasteiger partial charge in [0, 0.05) is 18.5 Å². The topological polar surface area (TPSA) is 58.0 Å². The lowest BCUT2D eigenvalue weighted by Crippen LogP contribution is -2.37. The van der Waals surface area contributed by atoms with Crippen molar-refractivity contribution in [1.82, 2.24) is 9.97 Å². The maximum atomic E-state index is 9.35. The molecule has 1 saturated carbocycles. The van der Waals surface area contributed by atoms with Crippen molar-refractivity contribution in [2.45, 2.75) is 25.7 Å². The lowest BCUT2D eigenvalue weighted by atomic mass is 9.67. The van der Waals surface area contributed by atoms with Crippen LogP contribution >= 0.6 is 11.3 Å². The maximum Gasteiger partial charge on any atom is 0.172 e. The van der Waals surface area contributed by atoms with Crippen LogP contribution in [0.1, 0.15) is 25.7 Å². The van der Waals surface area contributed by atoms with Crippen LogP contribution in [0.25, 0.3) is 21.6 Å². The Balaban J connectivity index is 1.68. The third-order valence-electron chi connectivity index (χ3n) is 5.03. The predicted octanol–water partition coefficient (Wildman–Crippen LogP) is 4.32. The minimum atomic E-state index is 0.226. The van der Waals surface area contributed by atoms with Gasteiger partial charge in [-0.05, 0) is 48.3 Å². The van der Waals surface area contributed by atoms with Crippen LogP contribution in [0.15, 0.2) is 41.8 Å². The summed E-state index contributed by atoms with van der Waals surface area (Å²) in [6.45, 7) is 1.12. The summed E-state index contributed by atoms with van der Waals surface area (Å²) in [6.07, 6.45) is 4.48. The fourth-order valence-electron chi connectivity index (χ4n) is 3.43. The van der Waals surface area contributed by atoms with Gasteiger partial charge in [0.1, 0.15) is 5.82 Å². The monoisotopic (exact) mass is 339 g/mol. The zero-order valence-electron chi connectivity index (χ0n) is 13.5. The second-order valence-electron chi connectivity index (χ2n) is 6.57. The molecule has 0 unspecified atom stereocenters. The molecule has 0 bridgehead atoms. The molecule has 1 aliphatic rings. The Morgan fingerprint density at radius 2 is 2.00 bits per heavy atom. The van der Waals surface area contributed by atoms with Crippen LogP contribution in [0.2, 0.25) is 0 Å². The predicted molar refractivity (Wildman–Crippen MR) is 99.3 cm³/mol. The number of aliphatic hydroxyl groups is 1. The van der Waals surface area contributed by atoms with E-state index in [1.807, 2.05) is 29.6 Å². The first kappa shape index (κ1) is 15.5. The highest BCUT2D eigenvalue weighted by atomic mass is 32.1. The van der Waals surface area contributed by atoms with E-state index in [9.17, 15) is 5.11 Å². The summed E-state index contributed by atoms with van der Waals surface area (Å²) >= 11 is 1.65. The number of fused-ring (bicyclic) bond motifs is 1. The van der Waals surface area contributed by atoms with Crippen LogP contribution in [0.4, 0.5) is 5.82 Å². The molecule has 24 heavy (non-hydrogen) atoms. The Bertz CT molecular complexity index is 828. The van der Waals surface area contributed by atoms with E-state index < -0.39 is 0 Å². The highest BCUT2D eigenvalue weighted by molar-refractivity contribution is 7.13. The van der Waals surface area contributed by atoms with Gasteiger partial charge in [-0.25, -0.2) is 9.97 Å². The molecule has 1 aromatic carbocycles. The quantitative estimate of drug-likeness (QED) is 0.702. The summed E-state index contributed by atoms with van der Waals surface area (Å²) in [4.78, 5) is 10.6. The first-order valence-electron chi connectivity index (χ1n) is 8.45. The third-order valence-corrected chi connectivity index (χ3v) is 5.90. The van der Waals surface area contributed by atoms with Gasteiger partial charge in [-0.3, -0.25) is 0 Å².